The summed E-state index contributed by atoms with van der Waals surface area (Å²) in [5, 5.41) is 9.46. The molecule has 0 unspecified atom stereocenters. The molecule has 0 bridgehead atoms. The number of nitrogens with zero attached hydrogens (tertiary/aromatic N) is 1. The van der Waals surface area contributed by atoms with Gasteiger partial charge in [0, 0.05) is 24.2 Å². The molecule has 7 nitrogen and oxygen atoms in total. The third-order valence-electron chi connectivity index (χ3n) is 4.85. The van der Waals surface area contributed by atoms with Crippen molar-refractivity contribution in [3.05, 3.63) is 88.9 Å². The Bertz CT molecular complexity index is 1050. The summed E-state index contributed by atoms with van der Waals surface area (Å²) in [7, 11) is 1.68. The molecular formula is C25H31IN4O3. The molecule has 33 heavy (non-hydrogen) atoms. The monoisotopic (exact) mass is 562 g/mol. The Hall–Kier alpha value is -3.01. The Balaban J connectivity index is 0.00000385. The van der Waals surface area contributed by atoms with E-state index in [2.05, 4.69) is 33.1 Å². The second kappa shape index (κ2) is 13.5. The van der Waals surface area contributed by atoms with Crippen LogP contribution in [0.1, 0.15) is 39.7 Å². The highest BCUT2D eigenvalue weighted by Crippen LogP contribution is 2.19. The van der Waals surface area contributed by atoms with E-state index in [1.54, 1.807) is 25.5 Å². The average Bonchev–Trinajstić information content (AvgIpc) is 3.33. The number of aliphatic imine (C=N–C) groups is 1. The number of ether oxygens (including phenoxy) is 1. The van der Waals surface area contributed by atoms with Crippen molar-refractivity contribution in [3.63, 3.8) is 0 Å². The minimum Gasteiger partial charge on any atom is -0.496 e. The van der Waals surface area contributed by atoms with Gasteiger partial charge in [-0.3, -0.25) is 4.79 Å². The number of furan rings is 1. The van der Waals surface area contributed by atoms with E-state index >= 15 is 0 Å². The summed E-state index contributed by atoms with van der Waals surface area (Å²) in [6, 6.07) is 17.2. The van der Waals surface area contributed by atoms with Crippen LogP contribution in [0.2, 0.25) is 0 Å². The number of hydrogen-bond donors (Lipinski definition) is 3. The Morgan fingerprint density at radius 2 is 1.88 bits per heavy atom. The zero-order valence-electron chi connectivity index (χ0n) is 19.2. The SMILES string of the molecule is CCNC(=NCc1cccc(C(=O)NCc2ccco2)c1)NCc1ccc(C)cc1OC.I. The third-order valence-corrected chi connectivity index (χ3v) is 4.85. The van der Waals surface area contributed by atoms with Crippen molar-refractivity contribution in [3.8, 4) is 5.75 Å². The number of benzene rings is 2. The summed E-state index contributed by atoms with van der Waals surface area (Å²) in [5.74, 6) is 2.11. The lowest BCUT2D eigenvalue weighted by Crippen LogP contribution is -2.36. The first-order valence-electron chi connectivity index (χ1n) is 10.6. The highest BCUT2D eigenvalue weighted by molar-refractivity contribution is 14.0. The zero-order chi connectivity index (χ0) is 22.8. The predicted octanol–water partition coefficient (Wildman–Crippen LogP) is 4.40. The summed E-state index contributed by atoms with van der Waals surface area (Å²) in [5.41, 5.74) is 3.74. The molecule has 1 aromatic heterocycles. The van der Waals surface area contributed by atoms with Crippen LogP contribution in [0.15, 0.2) is 70.3 Å². The fourth-order valence-electron chi connectivity index (χ4n) is 3.18. The third kappa shape index (κ3) is 8.12. The van der Waals surface area contributed by atoms with Gasteiger partial charge in [-0.2, -0.15) is 0 Å². The van der Waals surface area contributed by atoms with Gasteiger partial charge in [0.2, 0.25) is 0 Å². The molecule has 0 aliphatic heterocycles. The molecule has 0 aliphatic carbocycles. The molecule has 1 amide bonds. The van der Waals surface area contributed by atoms with Crippen molar-refractivity contribution in [1.29, 1.82) is 0 Å². The van der Waals surface area contributed by atoms with E-state index < -0.39 is 0 Å². The van der Waals surface area contributed by atoms with Crippen molar-refractivity contribution in [2.75, 3.05) is 13.7 Å². The molecule has 0 spiro atoms. The van der Waals surface area contributed by atoms with Crippen LogP contribution < -0.4 is 20.7 Å². The van der Waals surface area contributed by atoms with E-state index in [9.17, 15) is 4.79 Å². The van der Waals surface area contributed by atoms with E-state index in [-0.39, 0.29) is 29.9 Å². The van der Waals surface area contributed by atoms with Gasteiger partial charge in [0.25, 0.3) is 5.91 Å². The molecule has 0 aliphatic rings. The van der Waals surface area contributed by atoms with Gasteiger partial charge in [0.15, 0.2) is 5.96 Å². The molecule has 0 saturated carbocycles. The lowest BCUT2D eigenvalue weighted by atomic mass is 10.1. The van der Waals surface area contributed by atoms with Crippen LogP contribution in [-0.2, 0) is 19.6 Å². The minimum atomic E-state index is -0.149. The zero-order valence-corrected chi connectivity index (χ0v) is 21.5. The first-order chi connectivity index (χ1) is 15.6. The molecule has 176 valence electrons. The van der Waals surface area contributed by atoms with Gasteiger partial charge in [-0.25, -0.2) is 4.99 Å². The lowest BCUT2D eigenvalue weighted by Gasteiger charge is -2.14. The van der Waals surface area contributed by atoms with Gasteiger partial charge in [-0.15, -0.1) is 24.0 Å². The number of amides is 1. The van der Waals surface area contributed by atoms with Crippen LogP contribution >= 0.6 is 24.0 Å². The standard InChI is InChI=1S/C25H30N4O3.HI/c1-4-26-25(29-16-21-11-10-18(2)13-23(21)31-3)28-15-19-7-5-8-20(14-19)24(30)27-17-22-9-6-12-32-22;/h5-14H,4,15-17H2,1-3H3,(H,27,30)(H2,26,28,29);1H. The van der Waals surface area contributed by atoms with Crippen LogP contribution in [0, 0.1) is 6.92 Å². The summed E-state index contributed by atoms with van der Waals surface area (Å²) in [6.45, 7) is 6.19. The molecule has 3 N–H and O–H groups in total. The van der Waals surface area contributed by atoms with Gasteiger partial charge < -0.3 is 25.1 Å². The second-order valence-corrected chi connectivity index (χ2v) is 7.33. The van der Waals surface area contributed by atoms with Crippen LogP contribution in [0.3, 0.4) is 0 Å². The summed E-state index contributed by atoms with van der Waals surface area (Å²) < 4.78 is 10.7. The number of carbonyl (C=O) groups is 1. The van der Waals surface area contributed by atoms with E-state index in [0.717, 1.165) is 29.0 Å². The van der Waals surface area contributed by atoms with E-state index in [1.807, 2.05) is 44.2 Å². The number of nitrogens with one attached hydrogen (secondary N) is 3. The van der Waals surface area contributed by atoms with Crippen LogP contribution in [-0.4, -0.2) is 25.5 Å². The molecule has 1 heterocycles. The Morgan fingerprint density at radius 3 is 2.61 bits per heavy atom. The molecule has 0 fully saturated rings. The number of carbonyl (C=O) groups excluding carboxylic acids is 1. The van der Waals surface area contributed by atoms with Gasteiger partial charge in [-0.1, -0.05) is 24.3 Å². The van der Waals surface area contributed by atoms with E-state index in [4.69, 9.17) is 9.15 Å². The average molecular weight is 562 g/mol. The fraction of sp³-hybridized carbons (Fsp3) is 0.280. The summed E-state index contributed by atoms with van der Waals surface area (Å²) in [6.07, 6.45) is 1.59. The highest BCUT2D eigenvalue weighted by Gasteiger charge is 2.08. The number of hydrogen-bond acceptors (Lipinski definition) is 4. The van der Waals surface area contributed by atoms with E-state index in [1.165, 1.54) is 0 Å². The van der Waals surface area contributed by atoms with Gasteiger partial charge in [0.1, 0.15) is 11.5 Å². The summed E-state index contributed by atoms with van der Waals surface area (Å²) >= 11 is 0. The fourth-order valence-corrected chi connectivity index (χ4v) is 3.18. The first-order valence-corrected chi connectivity index (χ1v) is 10.6. The molecule has 0 radical (unpaired) electrons. The molecule has 3 rings (SSSR count). The van der Waals surface area contributed by atoms with Gasteiger partial charge in [-0.05, 0) is 55.3 Å². The molecule has 0 atom stereocenters. The normalized spacial score (nSPS) is 10.8. The van der Waals surface area contributed by atoms with Crippen molar-refractivity contribution in [1.82, 2.24) is 16.0 Å². The highest BCUT2D eigenvalue weighted by atomic mass is 127. The Kier molecular flexibility index (Phi) is 10.8. The van der Waals surface area contributed by atoms with Crippen LogP contribution in [0.5, 0.6) is 5.75 Å². The topological polar surface area (TPSA) is 87.9 Å². The van der Waals surface area contributed by atoms with Crippen molar-refractivity contribution >= 4 is 35.8 Å². The Labute approximate surface area is 212 Å². The predicted molar refractivity (Wildman–Crippen MR) is 141 cm³/mol. The number of guanidine groups is 1. The van der Waals surface area contributed by atoms with Crippen molar-refractivity contribution < 1.29 is 13.9 Å². The number of aryl methyl sites for hydroxylation is 1. The Morgan fingerprint density at radius 1 is 1.03 bits per heavy atom. The maximum Gasteiger partial charge on any atom is 0.251 e. The van der Waals surface area contributed by atoms with Gasteiger partial charge in [0.05, 0.1) is 26.5 Å². The number of methoxy groups -OCH3 is 1. The van der Waals surface area contributed by atoms with Crippen LogP contribution in [0.4, 0.5) is 0 Å². The quantitative estimate of drug-likeness (QED) is 0.205. The largest absolute Gasteiger partial charge is 0.496 e. The van der Waals surface area contributed by atoms with Crippen molar-refractivity contribution in [2.24, 2.45) is 4.99 Å². The summed E-state index contributed by atoms with van der Waals surface area (Å²) in [4.78, 5) is 17.1. The molecule has 0 saturated heterocycles. The number of rotatable bonds is 9. The molecule has 8 heteroatoms. The smallest absolute Gasteiger partial charge is 0.251 e. The van der Waals surface area contributed by atoms with Crippen LogP contribution in [0.25, 0.3) is 0 Å². The molecular weight excluding hydrogens is 531 g/mol. The van der Waals surface area contributed by atoms with Gasteiger partial charge >= 0.3 is 0 Å². The molecule has 3 aromatic rings. The number of halogens is 1. The maximum absolute atomic E-state index is 12.5. The second-order valence-electron chi connectivity index (χ2n) is 7.33. The maximum atomic E-state index is 12.5. The minimum absolute atomic E-state index is 0. The molecule has 2 aromatic carbocycles. The van der Waals surface area contributed by atoms with E-state index in [0.29, 0.717) is 36.9 Å². The lowest BCUT2D eigenvalue weighted by molar-refractivity contribution is 0.0948. The first kappa shape index (κ1) is 26.2. The van der Waals surface area contributed by atoms with Crippen molar-refractivity contribution in [2.45, 2.75) is 33.5 Å².